The lowest BCUT2D eigenvalue weighted by Crippen LogP contribution is -2.80. The fourth-order valence-corrected chi connectivity index (χ4v) is 1.35. The Morgan fingerprint density at radius 1 is 1.05 bits per heavy atom. The van der Waals surface area contributed by atoms with Crippen molar-refractivity contribution in [3.8, 4) is 0 Å². The number of hydrogen-bond donors (Lipinski definition) is 0. The Balaban J connectivity index is 2.95. The normalized spacial score (nSPS) is 35.1. The summed E-state index contributed by atoms with van der Waals surface area (Å²) >= 11 is 0. The van der Waals surface area contributed by atoms with Crippen molar-refractivity contribution in [2.45, 2.75) is 49.2 Å². The molecule has 114 valence electrons. The molecular weight excluding hydrogens is 302 g/mol. The molecule has 0 amide bonds. The second-order valence-corrected chi connectivity index (χ2v) is 3.94. The average molecular weight is 308 g/mol. The molecule has 1 rings (SSSR count). The van der Waals surface area contributed by atoms with E-state index in [0.29, 0.717) is 0 Å². The first-order valence-corrected chi connectivity index (χ1v) is 4.65. The predicted molar refractivity (Wildman–Crippen MR) is 40.1 cm³/mol. The van der Waals surface area contributed by atoms with Gasteiger partial charge in [-0.1, -0.05) is 0 Å². The fraction of sp³-hybridized carbons (Fsp3) is 1.00. The molecule has 0 radical (unpaired) electrons. The number of hydrogen-bond acceptors (Lipinski definition) is 1. The van der Waals surface area contributed by atoms with E-state index in [1.54, 1.807) is 0 Å². The van der Waals surface area contributed by atoms with Crippen LogP contribution in [0.25, 0.3) is 0 Å². The van der Waals surface area contributed by atoms with Crippen molar-refractivity contribution in [3.63, 3.8) is 0 Å². The summed E-state index contributed by atoms with van der Waals surface area (Å²) in [5, 5.41) is 0. The van der Waals surface area contributed by atoms with Gasteiger partial charge in [-0.25, -0.2) is 17.6 Å². The first-order chi connectivity index (χ1) is 8.23. The minimum Gasteiger partial charge on any atom is -0.329 e. The second-order valence-electron chi connectivity index (χ2n) is 3.94. The van der Waals surface area contributed by atoms with Gasteiger partial charge in [-0.2, -0.15) is 26.3 Å². The van der Waals surface area contributed by atoms with E-state index in [2.05, 4.69) is 4.74 Å². The van der Waals surface area contributed by atoms with Gasteiger partial charge < -0.3 is 4.74 Å². The highest BCUT2D eigenvalue weighted by atomic mass is 19.3. The van der Waals surface area contributed by atoms with Crippen LogP contribution < -0.4 is 0 Å². The monoisotopic (exact) mass is 308 g/mol. The minimum absolute atomic E-state index is 0.0345. The predicted octanol–water partition coefficient (Wildman–Crippen LogP) is 3.58. The Labute approximate surface area is 99.1 Å². The van der Waals surface area contributed by atoms with Gasteiger partial charge in [0.2, 0.25) is 6.17 Å². The zero-order chi connectivity index (χ0) is 15.4. The maximum Gasteiger partial charge on any atom is 0.373 e. The third kappa shape index (κ3) is 1.88. The van der Waals surface area contributed by atoms with Crippen LogP contribution in [0.2, 0.25) is 0 Å². The molecule has 0 bridgehead atoms. The van der Waals surface area contributed by atoms with Crippen LogP contribution in [0.4, 0.5) is 43.9 Å². The average Bonchev–Trinajstić information content (AvgIpc) is 2.26. The summed E-state index contributed by atoms with van der Waals surface area (Å²) in [6.07, 6.45) is -11.9. The molecule has 0 aromatic heterocycles. The van der Waals surface area contributed by atoms with Gasteiger partial charge in [0.25, 0.3) is 0 Å². The van der Waals surface area contributed by atoms with Gasteiger partial charge >= 0.3 is 30.0 Å². The zero-order valence-corrected chi connectivity index (χ0v) is 8.92. The molecule has 0 aromatic carbocycles. The van der Waals surface area contributed by atoms with Crippen LogP contribution in [-0.2, 0) is 4.74 Å². The van der Waals surface area contributed by atoms with Gasteiger partial charge in [-0.15, -0.1) is 0 Å². The van der Waals surface area contributed by atoms with Crippen LogP contribution in [-0.4, -0.2) is 42.3 Å². The molecule has 0 aromatic rings. The molecule has 1 aliphatic rings. The lowest BCUT2D eigenvalue weighted by molar-refractivity contribution is -0.477. The Morgan fingerprint density at radius 2 is 1.47 bits per heavy atom. The number of rotatable bonds is 4. The standard InChI is InChI=1S/C8H6F10O/c1-2(5(12,13)4(10)11)19-7(16)3(9)6(14,15)8(7,17)18/h2-4H,1H3. The van der Waals surface area contributed by atoms with E-state index in [-0.39, 0.29) is 6.92 Å². The third-order valence-electron chi connectivity index (χ3n) is 2.67. The highest BCUT2D eigenvalue weighted by molar-refractivity contribution is 5.18. The molecule has 11 heteroatoms. The van der Waals surface area contributed by atoms with Crippen molar-refractivity contribution >= 4 is 0 Å². The molecular formula is C8H6F10O. The summed E-state index contributed by atoms with van der Waals surface area (Å²) in [6.45, 7) is 0.0345. The molecule has 1 nitrogen and oxygen atoms in total. The topological polar surface area (TPSA) is 9.23 Å². The van der Waals surface area contributed by atoms with Gasteiger partial charge in [-0.3, -0.25) is 0 Å². The maximum atomic E-state index is 13.2. The molecule has 3 atom stereocenters. The minimum atomic E-state index is -5.74. The molecule has 1 fully saturated rings. The van der Waals surface area contributed by atoms with E-state index in [9.17, 15) is 43.9 Å². The van der Waals surface area contributed by atoms with Crippen molar-refractivity contribution in [2.24, 2.45) is 0 Å². The summed E-state index contributed by atoms with van der Waals surface area (Å²) in [5.41, 5.74) is 0. The first-order valence-electron chi connectivity index (χ1n) is 4.65. The Kier molecular flexibility index (Phi) is 3.54. The summed E-state index contributed by atoms with van der Waals surface area (Å²) in [6, 6.07) is 0. The van der Waals surface area contributed by atoms with Crippen LogP contribution in [0, 0.1) is 0 Å². The SMILES string of the molecule is CC(OC1(F)C(F)C(F)(F)C1(F)F)C(F)(F)C(F)F. The summed E-state index contributed by atoms with van der Waals surface area (Å²) in [4.78, 5) is 0. The van der Waals surface area contributed by atoms with Crippen LogP contribution in [0.5, 0.6) is 0 Å². The molecule has 0 aliphatic heterocycles. The largest absolute Gasteiger partial charge is 0.373 e. The van der Waals surface area contributed by atoms with E-state index in [1.165, 1.54) is 0 Å². The quantitative estimate of drug-likeness (QED) is 0.721. The first kappa shape index (κ1) is 16.3. The van der Waals surface area contributed by atoms with Crippen LogP contribution >= 0.6 is 0 Å². The molecule has 0 N–H and O–H groups in total. The van der Waals surface area contributed by atoms with Gasteiger partial charge in [0.1, 0.15) is 6.10 Å². The molecule has 0 saturated heterocycles. The zero-order valence-electron chi connectivity index (χ0n) is 8.92. The van der Waals surface area contributed by atoms with Crippen LogP contribution in [0.15, 0.2) is 0 Å². The van der Waals surface area contributed by atoms with Gasteiger partial charge in [-0.05, 0) is 6.92 Å². The maximum absolute atomic E-state index is 13.2. The Bertz CT molecular complexity index is 355. The lowest BCUT2D eigenvalue weighted by atomic mass is 9.80. The van der Waals surface area contributed by atoms with E-state index in [4.69, 9.17) is 0 Å². The van der Waals surface area contributed by atoms with Crippen LogP contribution in [0.3, 0.4) is 0 Å². The van der Waals surface area contributed by atoms with Gasteiger partial charge in [0, 0.05) is 0 Å². The summed E-state index contributed by atoms with van der Waals surface area (Å²) in [7, 11) is 0. The van der Waals surface area contributed by atoms with E-state index < -0.39 is 42.3 Å². The van der Waals surface area contributed by atoms with Gasteiger partial charge in [0.05, 0.1) is 0 Å². The van der Waals surface area contributed by atoms with E-state index >= 15 is 0 Å². The number of alkyl halides is 10. The molecule has 1 aliphatic carbocycles. The highest BCUT2D eigenvalue weighted by Gasteiger charge is 2.92. The lowest BCUT2D eigenvalue weighted by Gasteiger charge is -2.51. The Morgan fingerprint density at radius 3 is 1.79 bits per heavy atom. The van der Waals surface area contributed by atoms with Crippen molar-refractivity contribution in [2.75, 3.05) is 0 Å². The third-order valence-corrected chi connectivity index (χ3v) is 2.67. The Hall–Kier alpha value is -0.740. The van der Waals surface area contributed by atoms with Gasteiger partial charge in [0.15, 0.2) is 0 Å². The fourth-order valence-electron chi connectivity index (χ4n) is 1.35. The summed E-state index contributed by atoms with van der Waals surface area (Å²) < 4.78 is 128. The molecule has 19 heavy (non-hydrogen) atoms. The second kappa shape index (κ2) is 4.13. The smallest absolute Gasteiger partial charge is 0.329 e. The van der Waals surface area contributed by atoms with E-state index in [0.717, 1.165) is 0 Å². The molecule has 0 spiro atoms. The molecule has 1 saturated carbocycles. The highest BCUT2D eigenvalue weighted by Crippen LogP contribution is 2.62. The van der Waals surface area contributed by atoms with Crippen molar-refractivity contribution in [1.29, 1.82) is 0 Å². The van der Waals surface area contributed by atoms with Crippen LogP contribution in [0.1, 0.15) is 6.92 Å². The van der Waals surface area contributed by atoms with Crippen molar-refractivity contribution < 1.29 is 48.6 Å². The number of ether oxygens (including phenoxy) is 1. The number of halogens is 10. The van der Waals surface area contributed by atoms with Crippen molar-refractivity contribution in [1.82, 2.24) is 0 Å². The molecule has 3 unspecified atom stereocenters. The summed E-state index contributed by atoms with van der Waals surface area (Å²) in [5.74, 6) is -21.4. The van der Waals surface area contributed by atoms with E-state index in [1.807, 2.05) is 0 Å². The molecule has 0 heterocycles. The van der Waals surface area contributed by atoms with Crippen molar-refractivity contribution in [3.05, 3.63) is 0 Å².